The molecule has 5 heteroatoms. The van der Waals surface area contributed by atoms with Crippen LogP contribution >= 0.6 is 15.9 Å². The molecule has 4 nitrogen and oxygen atoms in total. The fourth-order valence-electron chi connectivity index (χ4n) is 2.70. The molecule has 1 N–H and O–H groups in total. The smallest absolute Gasteiger partial charge is 0.130 e. The first-order valence-corrected chi connectivity index (χ1v) is 8.09. The molecular weight excluding hydrogens is 328 g/mol. The minimum atomic E-state index is 0.499. The van der Waals surface area contributed by atoms with E-state index in [-0.39, 0.29) is 0 Å². The second-order valence-corrected chi connectivity index (χ2v) is 6.22. The van der Waals surface area contributed by atoms with Gasteiger partial charge in [0.2, 0.25) is 0 Å². The van der Waals surface area contributed by atoms with Gasteiger partial charge in [-0.25, -0.2) is 9.97 Å². The molecule has 1 aliphatic heterocycles. The number of benzene rings is 1. The molecule has 0 atom stereocenters. The van der Waals surface area contributed by atoms with Crippen molar-refractivity contribution in [1.29, 1.82) is 0 Å². The maximum absolute atomic E-state index is 4.25. The number of halogens is 1. The van der Waals surface area contributed by atoms with Crippen molar-refractivity contribution in [3.05, 3.63) is 52.9 Å². The molecule has 1 aromatic heterocycles. The predicted octanol–water partition coefficient (Wildman–Crippen LogP) is 3.32. The molecule has 1 fully saturated rings. The summed E-state index contributed by atoms with van der Waals surface area (Å²) in [6.45, 7) is 3.30. The normalized spacial score (nSPS) is 16.8. The summed E-state index contributed by atoms with van der Waals surface area (Å²) in [5, 5.41) is 3.50. The van der Waals surface area contributed by atoms with Crippen molar-refractivity contribution < 1.29 is 0 Å². The molecule has 1 aromatic carbocycles. The predicted molar refractivity (Wildman–Crippen MR) is 88.1 cm³/mol. The Kier molecular flexibility index (Phi) is 4.83. The summed E-state index contributed by atoms with van der Waals surface area (Å²) in [4.78, 5) is 10.8. The van der Waals surface area contributed by atoms with Crippen LogP contribution in [0.5, 0.6) is 0 Å². The van der Waals surface area contributed by atoms with Crippen LogP contribution in [0.3, 0.4) is 0 Å². The molecule has 2 aromatic rings. The molecule has 0 radical (unpaired) electrons. The second kappa shape index (κ2) is 7.00. The summed E-state index contributed by atoms with van der Waals surface area (Å²) in [5.41, 5.74) is 1.39. The average molecular weight is 347 g/mol. The lowest BCUT2D eigenvalue weighted by Gasteiger charge is -2.32. The average Bonchev–Trinajstić information content (AvgIpc) is 2.50. The summed E-state index contributed by atoms with van der Waals surface area (Å²) in [6.07, 6.45) is 3.87. The van der Waals surface area contributed by atoms with Gasteiger partial charge in [0.05, 0.1) is 0 Å². The van der Waals surface area contributed by atoms with Crippen LogP contribution in [0.1, 0.15) is 18.4 Å². The van der Waals surface area contributed by atoms with E-state index in [1.165, 1.54) is 5.56 Å². The molecular formula is C16H19BrN4. The highest BCUT2D eigenvalue weighted by Gasteiger charge is 2.19. The minimum absolute atomic E-state index is 0.499. The second-order valence-electron chi connectivity index (χ2n) is 5.41. The number of anilines is 1. The summed E-state index contributed by atoms with van der Waals surface area (Å²) in [6, 6.07) is 13.1. The minimum Gasteiger partial charge on any atom is -0.367 e. The third kappa shape index (κ3) is 4.25. The van der Waals surface area contributed by atoms with Gasteiger partial charge in [-0.3, -0.25) is 4.90 Å². The van der Waals surface area contributed by atoms with E-state index in [1.807, 2.05) is 6.07 Å². The van der Waals surface area contributed by atoms with Crippen molar-refractivity contribution in [2.75, 3.05) is 18.4 Å². The van der Waals surface area contributed by atoms with Crippen LogP contribution in [-0.4, -0.2) is 34.0 Å². The number of nitrogens with zero attached hydrogens (tertiary/aromatic N) is 3. The molecule has 0 amide bonds. The van der Waals surface area contributed by atoms with Crippen LogP contribution in [0.15, 0.2) is 47.3 Å². The van der Waals surface area contributed by atoms with Crippen molar-refractivity contribution in [2.24, 2.45) is 0 Å². The summed E-state index contributed by atoms with van der Waals surface area (Å²) >= 11 is 3.37. The summed E-state index contributed by atoms with van der Waals surface area (Å²) in [7, 11) is 0. The number of hydrogen-bond acceptors (Lipinski definition) is 4. The molecule has 1 aliphatic rings. The Hall–Kier alpha value is -1.46. The van der Waals surface area contributed by atoms with Crippen LogP contribution in [0, 0.1) is 0 Å². The molecule has 110 valence electrons. The first-order valence-electron chi connectivity index (χ1n) is 7.30. The van der Waals surface area contributed by atoms with E-state index in [1.54, 1.807) is 6.33 Å². The standard InChI is InChI=1S/C16H19BrN4/c17-15-10-16(19-12-18-15)20-14-6-8-21(9-7-14)11-13-4-2-1-3-5-13/h1-5,10,12,14H,6-9,11H2,(H,18,19,20). The van der Waals surface area contributed by atoms with Gasteiger partial charge in [-0.05, 0) is 34.3 Å². The van der Waals surface area contributed by atoms with Crippen molar-refractivity contribution in [3.63, 3.8) is 0 Å². The van der Waals surface area contributed by atoms with Crippen molar-refractivity contribution in [3.8, 4) is 0 Å². The maximum atomic E-state index is 4.25. The Morgan fingerprint density at radius 3 is 2.62 bits per heavy atom. The quantitative estimate of drug-likeness (QED) is 0.862. The van der Waals surface area contributed by atoms with E-state index in [2.05, 4.69) is 66.4 Å². The molecule has 3 rings (SSSR count). The Bertz CT molecular complexity index is 567. The SMILES string of the molecule is Brc1cc(NC2CCN(Cc3ccccc3)CC2)ncn1. The third-order valence-corrected chi connectivity index (χ3v) is 4.26. The summed E-state index contributed by atoms with van der Waals surface area (Å²) < 4.78 is 0.821. The van der Waals surface area contributed by atoms with Gasteiger partial charge in [-0.2, -0.15) is 0 Å². The third-order valence-electron chi connectivity index (χ3n) is 3.82. The van der Waals surface area contributed by atoms with E-state index in [4.69, 9.17) is 0 Å². The van der Waals surface area contributed by atoms with Gasteiger partial charge in [0.15, 0.2) is 0 Å². The van der Waals surface area contributed by atoms with Crippen molar-refractivity contribution in [1.82, 2.24) is 14.9 Å². The number of aromatic nitrogens is 2. The van der Waals surface area contributed by atoms with E-state index in [0.29, 0.717) is 6.04 Å². The Balaban J connectivity index is 1.49. The Morgan fingerprint density at radius 1 is 1.14 bits per heavy atom. The lowest BCUT2D eigenvalue weighted by molar-refractivity contribution is 0.211. The van der Waals surface area contributed by atoms with Gasteiger partial charge in [0, 0.05) is 31.7 Å². The largest absolute Gasteiger partial charge is 0.367 e. The molecule has 0 spiro atoms. The Morgan fingerprint density at radius 2 is 1.90 bits per heavy atom. The van der Waals surface area contributed by atoms with Crippen LogP contribution in [0.4, 0.5) is 5.82 Å². The Labute approximate surface area is 133 Å². The number of hydrogen-bond donors (Lipinski definition) is 1. The topological polar surface area (TPSA) is 41.0 Å². The fraction of sp³-hybridized carbons (Fsp3) is 0.375. The number of piperidine rings is 1. The number of rotatable bonds is 4. The zero-order valence-electron chi connectivity index (χ0n) is 11.9. The van der Waals surface area contributed by atoms with Gasteiger partial charge >= 0.3 is 0 Å². The van der Waals surface area contributed by atoms with Gasteiger partial charge in [0.25, 0.3) is 0 Å². The van der Waals surface area contributed by atoms with E-state index < -0.39 is 0 Å². The zero-order valence-corrected chi connectivity index (χ0v) is 13.5. The van der Waals surface area contributed by atoms with E-state index in [9.17, 15) is 0 Å². The lowest BCUT2D eigenvalue weighted by Crippen LogP contribution is -2.38. The van der Waals surface area contributed by atoms with E-state index >= 15 is 0 Å². The highest BCUT2D eigenvalue weighted by atomic mass is 79.9. The molecule has 0 aliphatic carbocycles. The van der Waals surface area contributed by atoms with Crippen LogP contribution in [-0.2, 0) is 6.54 Å². The first kappa shape index (κ1) is 14.5. The molecule has 2 heterocycles. The van der Waals surface area contributed by atoms with Crippen molar-refractivity contribution in [2.45, 2.75) is 25.4 Å². The molecule has 0 unspecified atom stereocenters. The number of nitrogens with one attached hydrogen (secondary N) is 1. The van der Waals surface area contributed by atoms with Gasteiger partial charge < -0.3 is 5.32 Å². The molecule has 21 heavy (non-hydrogen) atoms. The van der Waals surface area contributed by atoms with Gasteiger partial charge in [0.1, 0.15) is 16.7 Å². The van der Waals surface area contributed by atoms with Crippen LogP contribution in [0.25, 0.3) is 0 Å². The highest BCUT2D eigenvalue weighted by Crippen LogP contribution is 2.18. The fourth-order valence-corrected chi connectivity index (χ4v) is 3.01. The van der Waals surface area contributed by atoms with Crippen molar-refractivity contribution >= 4 is 21.7 Å². The maximum Gasteiger partial charge on any atom is 0.130 e. The van der Waals surface area contributed by atoms with Gasteiger partial charge in [-0.1, -0.05) is 30.3 Å². The van der Waals surface area contributed by atoms with Gasteiger partial charge in [-0.15, -0.1) is 0 Å². The lowest BCUT2D eigenvalue weighted by atomic mass is 10.0. The van der Waals surface area contributed by atoms with Crippen LogP contribution in [0.2, 0.25) is 0 Å². The zero-order chi connectivity index (χ0) is 14.5. The number of likely N-dealkylation sites (tertiary alicyclic amines) is 1. The molecule has 0 saturated carbocycles. The summed E-state index contributed by atoms with van der Waals surface area (Å²) in [5.74, 6) is 0.901. The monoisotopic (exact) mass is 346 g/mol. The first-order chi connectivity index (χ1) is 10.3. The highest BCUT2D eigenvalue weighted by molar-refractivity contribution is 9.10. The molecule has 1 saturated heterocycles. The van der Waals surface area contributed by atoms with E-state index in [0.717, 1.165) is 42.9 Å². The molecule has 0 bridgehead atoms. The van der Waals surface area contributed by atoms with Crippen LogP contribution < -0.4 is 5.32 Å².